The Morgan fingerprint density at radius 3 is 2.44 bits per heavy atom. The first-order valence-corrected chi connectivity index (χ1v) is 10.1. The number of thioether (sulfide) groups is 1. The van der Waals surface area contributed by atoms with E-state index >= 15 is 0 Å². The second-order valence-corrected chi connectivity index (χ2v) is 7.71. The van der Waals surface area contributed by atoms with E-state index in [9.17, 15) is 0 Å². The van der Waals surface area contributed by atoms with Crippen molar-refractivity contribution in [2.45, 2.75) is 4.90 Å². The van der Waals surface area contributed by atoms with E-state index in [2.05, 4.69) is 32.2 Å². The van der Waals surface area contributed by atoms with Gasteiger partial charge in [0, 0.05) is 66.5 Å². The Hall–Kier alpha value is -1.50. The maximum atomic E-state index is 5.90. The molecule has 2 aromatic rings. The molecule has 1 fully saturated rings. The van der Waals surface area contributed by atoms with Gasteiger partial charge in [0.1, 0.15) is 0 Å². The number of nitrogens with zero attached hydrogens (tertiary/aromatic N) is 3. The number of hydrogen-bond donors (Lipinski definition) is 1. The van der Waals surface area contributed by atoms with E-state index in [1.165, 1.54) is 10.6 Å². The summed E-state index contributed by atoms with van der Waals surface area (Å²) in [5.74, 6) is 0.971. The monoisotopic (exact) mass is 392 g/mol. The Morgan fingerprint density at radius 1 is 1.08 bits per heavy atom. The lowest BCUT2D eigenvalue weighted by Gasteiger charge is -2.37. The molecule has 0 spiro atoms. The van der Waals surface area contributed by atoms with Gasteiger partial charge < -0.3 is 15.1 Å². The standard InChI is InChI=1S/C18H21ClN4S2/c19-15-1-3-17(4-2-15)25-14-9-21-18(24)23-12-10-22(11-13-23)16-5-7-20-8-6-16/h1-8H,9-14H2,(H,21,24). The summed E-state index contributed by atoms with van der Waals surface area (Å²) in [5, 5.41) is 5.00. The molecule has 1 aliphatic heterocycles. The SMILES string of the molecule is S=C(NCCSc1ccc(Cl)cc1)N1CCN(c2ccncc2)CC1. The summed E-state index contributed by atoms with van der Waals surface area (Å²) >= 11 is 13.2. The van der Waals surface area contributed by atoms with Crippen LogP contribution in [0, 0.1) is 0 Å². The second-order valence-electron chi connectivity index (χ2n) is 5.71. The second kappa shape index (κ2) is 9.27. The van der Waals surface area contributed by atoms with Crippen LogP contribution in [0.15, 0.2) is 53.7 Å². The van der Waals surface area contributed by atoms with E-state index in [-0.39, 0.29) is 0 Å². The number of rotatable bonds is 5. The molecule has 0 radical (unpaired) electrons. The zero-order valence-corrected chi connectivity index (χ0v) is 16.3. The summed E-state index contributed by atoms with van der Waals surface area (Å²) < 4.78 is 0. The first-order valence-electron chi connectivity index (χ1n) is 8.28. The van der Waals surface area contributed by atoms with E-state index in [0.29, 0.717) is 0 Å². The van der Waals surface area contributed by atoms with Crippen molar-refractivity contribution < 1.29 is 0 Å². The van der Waals surface area contributed by atoms with Crippen molar-refractivity contribution >= 4 is 46.4 Å². The number of anilines is 1. The highest BCUT2D eigenvalue weighted by atomic mass is 35.5. The number of halogens is 1. The average Bonchev–Trinajstić information content (AvgIpc) is 2.67. The van der Waals surface area contributed by atoms with Gasteiger partial charge in [-0.3, -0.25) is 4.98 Å². The van der Waals surface area contributed by atoms with Crippen molar-refractivity contribution in [1.29, 1.82) is 0 Å². The maximum Gasteiger partial charge on any atom is 0.169 e. The minimum Gasteiger partial charge on any atom is -0.368 e. The normalized spacial score (nSPS) is 14.4. The van der Waals surface area contributed by atoms with Gasteiger partial charge in [-0.2, -0.15) is 0 Å². The summed E-state index contributed by atoms with van der Waals surface area (Å²) in [7, 11) is 0. The summed E-state index contributed by atoms with van der Waals surface area (Å²) in [6, 6.07) is 12.0. The summed E-state index contributed by atoms with van der Waals surface area (Å²) in [6.45, 7) is 4.70. The van der Waals surface area contributed by atoms with E-state index in [4.69, 9.17) is 23.8 Å². The summed E-state index contributed by atoms with van der Waals surface area (Å²) in [6.07, 6.45) is 3.68. The number of piperazine rings is 1. The fraction of sp³-hybridized carbons (Fsp3) is 0.333. The first-order chi connectivity index (χ1) is 12.2. The lowest BCUT2D eigenvalue weighted by atomic mass is 10.3. The van der Waals surface area contributed by atoms with Crippen LogP contribution in [0.1, 0.15) is 0 Å². The van der Waals surface area contributed by atoms with Gasteiger partial charge in [0.05, 0.1) is 0 Å². The Kier molecular flexibility index (Phi) is 6.78. The van der Waals surface area contributed by atoms with Crippen LogP contribution in [0.3, 0.4) is 0 Å². The largest absolute Gasteiger partial charge is 0.368 e. The fourth-order valence-corrected chi connectivity index (χ4v) is 3.87. The Labute approximate surface area is 163 Å². The molecule has 2 heterocycles. The number of benzene rings is 1. The first kappa shape index (κ1) is 18.3. The summed E-state index contributed by atoms with van der Waals surface area (Å²) in [5.41, 5.74) is 1.23. The minimum atomic E-state index is 0.773. The molecule has 1 N–H and O–H groups in total. The lowest BCUT2D eigenvalue weighted by Crippen LogP contribution is -2.52. The molecule has 132 valence electrons. The third-order valence-electron chi connectivity index (χ3n) is 4.06. The van der Waals surface area contributed by atoms with Gasteiger partial charge in [0.15, 0.2) is 5.11 Å². The van der Waals surface area contributed by atoms with E-state index in [0.717, 1.165) is 48.6 Å². The van der Waals surface area contributed by atoms with Crippen LogP contribution in [-0.2, 0) is 0 Å². The number of thiocarbonyl (C=S) groups is 1. The minimum absolute atomic E-state index is 0.773. The van der Waals surface area contributed by atoms with Crippen LogP contribution in [0.5, 0.6) is 0 Å². The molecule has 3 rings (SSSR count). The van der Waals surface area contributed by atoms with Crippen molar-refractivity contribution in [3.05, 3.63) is 53.8 Å². The Bertz CT molecular complexity index is 673. The Morgan fingerprint density at radius 2 is 1.76 bits per heavy atom. The molecule has 0 bridgehead atoms. The van der Waals surface area contributed by atoms with Crippen molar-refractivity contribution in [3.63, 3.8) is 0 Å². The number of nitrogens with one attached hydrogen (secondary N) is 1. The van der Waals surface area contributed by atoms with Crippen LogP contribution in [0.2, 0.25) is 5.02 Å². The highest BCUT2D eigenvalue weighted by Crippen LogP contribution is 2.19. The molecule has 1 aliphatic rings. The molecule has 1 aromatic carbocycles. The molecule has 1 aromatic heterocycles. The van der Waals surface area contributed by atoms with Gasteiger partial charge in [-0.1, -0.05) is 11.6 Å². The third kappa shape index (κ3) is 5.49. The molecule has 0 aliphatic carbocycles. The smallest absolute Gasteiger partial charge is 0.169 e. The fourth-order valence-electron chi connectivity index (χ4n) is 2.69. The van der Waals surface area contributed by atoms with Gasteiger partial charge in [0.2, 0.25) is 0 Å². The lowest BCUT2D eigenvalue weighted by molar-refractivity contribution is 0.381. The van der Waals surface area contributed by atoms with Crippen molar-refractivity contribution in [2.75, 3.05) is 43.4 Å². The molecular weight excluding hydrogens is 372 g/mol. The van der Waals surface area contributed by atoms with Gasteiger partial charge in [0.25, 0.3) is 0 Å². The van der Waals surface area contributed by atoms with Gasteiger partial charge in [-0.15, -0.1) is 11.8 Å². The predicted octanol–water partition coefficient (Wildman–Crippen LogP) is 3.52. The highest BCUT2D eigenvalue weighted by molar-refractivity contribution is 7.99. The Balaban J connectivity index is 1.36. The van der Waals surface area contributed by atoms with E-state index < -0.39 is 0 Å². The zero-order chi connectivity index (χ0) is 17.5. The molecule has 0 saturated carbocycles. The maximum absolute atomic E-state index is 5.90. The van der Waals surface area contributed by atoms with Crippen molar-refractivity contribution in [3.8, 4) is 0 Å². The molecule has 25 heavy (non-hydrogen) atoms. The average molecular weight is 393 g/mol. The molecule has 0 amide bonds. The zero-order valence-electron chi connectivity index (χ0n) is 13.9. The third-order valence-corrected chi connectivity index (χ3v) is 5.72. The van der Waals surface area contributed by atoms with Crippen molar-refractivity contribution in [2.24, 2.45) is 0 Å². The van der Waals surface area contributed by atoms with Crippen LogP contribution in [0.4, 0.5) is 5.69 Å². The van der Waals surface area contributed by atoms with Crippen LogP contribution in [0.25, 0.3) is 0 Å². The highest BCUT2D eigenvalue weighted by Gasteiger charge is 2.18. The number of aromatic nitrogens is 1. The predicted molar refractivity (Wildman–Crippen MR) is 111 cm³/mol. The molecule has 0 unspecified atom stereocenters. The summed E-state index contributed by atoms with van der Waals surface area (Å²) in [4.78, 5) is 9.92. The molecular formula is C18H21ClN4S2. The van der Waals surface area contributed by atoms with Crippen molar-refractivity contribution in [1.82, 2.24) is 15.2 Å². The van der Waals surface area contributed by atoms with Gasteiger partial charge >= 0.3 is 0 Å². The van der Waals surface area contributed by atoms with Crippen LogP contribution < -0.4 is 10.2 Å². The molecule has 4 nitrogen and oxygen atoms in total. The number of hydrogen-bond acceptors (Lipinski definition) is 4. The quantitative estimate of drug-likeness (QED) is 0.476. The molecule has 0 atom stereocenters. The van der Waals surface area contributed by atoms with Gasteiger partial charge in [-0.25, -0.2) is 0 Å². The van der Waals surface area contributed by atoms with Gasteiger partial charge in [-0.05, 0) is 48.6 Å². The number of pyridine rings is 1. The topological polar surface area (TPSA) is 31.4 Å². The van der Waals surface area contributed by atoms with Crippen LogP contribution >= 0.6 is 35.6 Å². The van der Waals surface area contributed by atoms with E-state index in [1.54, 1.807) is 11.8 Å². The molecule has 1 saturated heterocycles. The molecule has 7 heteroatoms. The van der Waals surface area contributed by atoms with Crippen LogP contribution in [-0.4, -0.2) is 53.5 Å². The van der Waals surface area contributed by atoms with E-state index in [1.807, 2.05) is 36.7 Å².